The number of ether oxygens (including phenoxy) is 1. The number of nitrogens with zero attached hydrogens (tertiary/aromatic N) is 1. The van der Waals surface area contributed by atoms with Crippen molar-refractivity contribution in [1.82, 2.24) is 4.90 Å². The summed E-state index contributed by atoms with van der Waals surface area (Å²) in [5, 5.41) is 0.701. The highest BCUT2D eigenvalue weighted by Gasteiger charge is 2.24. The number of hydrogen-bond acceptors (Lipinski definition) is 2. The molecule has 0 bridgehead atoms. The maximum Gasteiger partial charge on any atom is 0.222 e. The smallest absolute Gasteiger partial charge is 0.222 e. The summed E-state index contributed by atoms with van der Waals surface area (Å²) in [6.07, 6.45) is 6.33. The SMILES string of the molecule is O=C1CCCN1CCCc1ccc(OC2CC2)c(Cl)c1. The Morgan fingerprint density at radius 1 is 1.35 bits per heavy atom. The van der Waals surface area contributed by atoms with Crippen LogP contribution in [0.15, 0.2) is 18.2 Å². The zero-order valence-electron chi connectivity index (χ0n) is 11.6. The van der Waals surface area contributed by atoms with Crippen LogP contribution in [0.3, 0.4) is 0 Å². The summed E-state index contributed by atoms with van der Waals surface area (Å²) >= 11 is 6.24. The van der Waals surface area contributed by atoms with Gasteiger partial charge in [0.05, 0.1) is 11.1 Å². The van der Waals surface area contributed by atoms with Gasteiger partial charge in [0.2, 0.25) is 5.91 Å². The number of hydrogen-bond donors (Lipinski definition) is 0. The Labute approximate surface area is 124 Å². The van der Waals surface area contributed by atoms with E-state index in [4.69, 9.17) is 16.3 Å². The number of amides is 1. The Balaban J connectivity index is 1.49. The molecule has 0 N–H and O–H groups in total. The highest BCUT2D eigenvalue weighted by Crippen LogP contribution is 2.32. The standard InChI is InChI=1S/C16H20ClNO2/c17-14-11-12(5-8-15(14)20-13-6-7-13)3-1-9-18-10-2-4-16(18)19/h5,8,11,13H,1-4,6-7,9-10H2. The first kappa shape index (κ1) is 13.7. The lowest BCUT2D eigenvalue weighted by atomic mass is 10.1. The third-order valence-electron chi connectivity index (χ3n) is 3.88. The van der Waals surface area contributed by atoms with E-state index in [2.05, 4.69) is 6.07 Å². The number of likely N-dealkylation sites (tertiary alicyclic amines) is 1. The normalized spacial score (nSPS) is 18.6. The molecule has 20 heavy (non-hydrogen) atoms. The van der Waals surface area contributed by atoms with Crippen LogP contribution in [-0.2, 0) is 11.2 Å². The first-order valence-corrected chi connectivity index (χ1v) is 7.83. The van der Waals surface area contributed by atoms with Crippen molar-refractivity contribution >= 4 is 17.5 Å². The van der Waals surface area contributed by atoms with E-state index in [9.17, 15) is 4.79 Å². The van der Waals surface area contributed by atoms with E-state index < -0.39 is 0 Å². The van der Waals surface area contributed by atoms with Gasteiger partial charge in [0, 0.05) is 19.5 Å². The van der Waals surface area contributed by atoms with Crippen LogP contribution in [0, 0.1) is 0 Å². The zero-order chi connectivity index (χ0) is 13.9. The predicted molar refractivity (Wildman–Crippen MR) is 79.2 cm³/mol. The third kappa shape index (κ3) is 3.45. The van der Waals surface area contributed by atoms with E-state index in [-0.39, 0.29) is 0 Å². The summed E-state index contributed by atoms with van der Waals surface area (Å²) in [7, 11) is 0. The Bertz CT molecular complexity index is 499. The van der Waals surface area contributed by atoms with Gasteiger partial charge in [-0.1, -0.05) is 17.7 Å². The number of carbonyl (C=O) groups is 1. The van der Waals surface area contributed by atoms with Crippen molar-refractivity contribution in [3.63, 3.8) is 0 Å². The Kier molecular flexibility index (Phi) is 4.16. The minimum Gasteiger partial charge on any atom is -0.489 e. The molecule has 1 aliphatic heterocycles. The van der Waals surface area contributed by atoms with Crippen LogP contribution in [0.2, 0.25) is 5.02 Å². The minimum atomic E-state index is 0.302. The molecule has 1 aromatic carbocycles. The van der Waals surface area contributed by atoms with Gasteiger partial charge in [-0.15, -0.1) is 0 Å². The predicted octanol–water partition coefficient (Wildman–Crippen LogP) is 3.44. The maximum atomic E-state index is 11.5. The van der Waals surface area contributed by atoms with Crippen molar-refractivity contribution in [2.75, 3.05) is 13.1 Å². The lowest BCUT2D eigenvalue weighted by Crippen LogP contribution is -2.25. The second-order valence-corrected chi connectivity index (χ2v) is 6.08. The summed E-state index contributed by atoms with van der Waals surface area (Å²) in [5.74, 6) is 1.10. The highest BCUT2D eigenvalue weighted by molar-refractivity contribution is 6.32. The van der Waals surface area contributed by atoms with Gasteiger partial charge in [0.25, 0.3) is 0 Å². The largest absolute Gasteiger partial charge is 0.489 e. The molecule has 0 spiro atoms. The average Bonchev–Trinajstić information content (AvgIpc) is 3.16. The first-order chi connectivity index (χ1) is 9.72. The van der Waals surface area contributed by atoms with Crippen molar-refractivity contribution in [1.29, 1.82) is 0 Å². The van der Waals surface area contributed by atoms with Crippen molar-refractivity contribution in [2.24, 2.45) is 0 Å². The van der Waals surface area contributed by atoms with Crippen LogP contribution >= 0.6 is 11.6 Å². The van der Waals surface area contributed by atoms with Gasteiger partial charge < -0.3 is 9.64 Å². The topological polar surface area (TPSA) is 29.5 Å². The lowest BCUT2D eigenvalue weighted by Gasteiger charge is -2.15. The molecule has 1 saturated carbocycles. The Morgan fingerprint density at radius 2 is 2.20 bits per heavy atom. The molecule has 1 saturated heterocycles. The van der Waals surface area contributed by atoms with Crippen LogP contribution in [-0.4, -0.2) is 30.0 Å². The molecule has 2 aliphatic rings. The van der Waals surface area contributed by atoms with E-state index in [0.717, 1.165) is 57.4 Å². The molecule has 1 amide bonds. The fraction of sp³-hybridized carbons (Fsp3) is 0.562. The molecule has 108 valence electrons. The number of carbonyl (C=O) groups excluding carboxylic acids is 1. The molecular weight excluding hydrogens is 274 g/mol. The Morgan fingerprint density at radius 3 is 2.85 bits per heavy atom. The van der Waals surface area contributed by atoms with Crippen molar-refractivity contribution in [3.05, 3.63) is 28.8 Å². The van der Waals surface area contributed by atoms with Crippen molar-refractivity contribution < 1.29 is 9.53 Å². The average molecular weight is 294 g/mol. The van der Waals surface area contributed by atoms with Gasteiger partial charge in [-0.05, 0) is 49.8 Å². The minimum absolute atomic E-state index is 0.302. The van der Waals surface area contributed by atoms with E-state index in [1.165, 1.54) is 5.56 Å². The molecule has 1 heterocycles. The summed E-state index contributed by atoms with van der Waals surface area (Å²) in [6.45, 7) is 1.78. The first-order valence-electron chi connectivity index (χ1n) is 7.45. The van der Waals surface area contributed by atoms with Gasteiger partial charge in [0.1, 0.15) is 5.75 Å². The number of rotatable bonds is 6. The van der Waals surface area contributed by atoms with Gasteiger partial charge in [-0.3, -0.25) is 4.79 Å². The fourth-order valence-corrected chi connectivity index (χ4v) is 2.82. The van der Waals surface area contributed by atoms with E-state index in [1.54, 1.807) is 0 Å². The third-order valence-corrected chi connectivity index (χ3v) is 4.17. The van der Waals surface area contributed by atoms with Gasteiger partial charge in [0.15, 0.2) is 0 Å². The zero-order valence-corrected chi connectivity index (χ0v) is 12.4. The van der Waals surface area contributed by atoms with Gasteiger partial charge in [-0.2, -0.15) is 0 Å². The fourth-order valence-electron chi connectivity index (χ4n) is 2.58. The summed E-state index contributed by atoms with van der Waals surface area (Å²) < 4.78 is 5.73. The quantitative estimate of drug-likeness (QED) is 0.804. The monoisotopic (exact) mass is 293 g/mol. The number of benzene rings is 1. The Hall–Kier alpha value is -1.22. The van der Waals surface area contributed by atoms with Crippen molar-refractivity contribution in [2.45, 2.75) is 44.6 Å². The molecule has 0 atom stereocenters. The summed E-state index contributed by atoms with van der Waals surface area (Å²) in [6, 6.07) is 6.04. The second kappa shape index (κ2) is 6.04. The highest BCUT2D eigenvalue weighted by atomic mass is 35.5. The van der Waals surface area contributed by atoms with Gasteiger partial charge >= 0.3 is 0 Å². The molecule has 3 rings (SSSR count). The van der Waals surface area contributed by atoms with Crippen LogP contribution in [0.1, 0.15) is 37.7 Å². The molecule has 4 heteroatoms. The van der Waals surface area contributed by atoms with E-state index >= 15 is 0 Å². The lowest BCUT2D eigenvalue weighted by molar-refractivity contribution is -0.127. The second-order valence-electron chi connectivity index (χ2n) is 5.67. The van der Waals surface area contributed by atoms with E-state index in [1.807, 2.05) is 17.0 Å². The van der Waals surface area contributed by atoms with E-state index in [0.29, 0.717) is 17.0 Å². The number of aryl methyl sites for hydroxylation is 1. The summed E-state index contributed by atoms with van der Waals surface area (Å²) in [5.41, 5.74) is 1.21. The molecule has 1 aromatic rings. The van der Waals surface area contributed by atoms with Crippen LogP contribution < -0.4 is 4.74 Å². The summed E-state index contributed by atoms with van der Waals surface area (Å²) in [4.78, 5) is 13.5. The van der Waals surface area contributed by atoms with Crippen LogP contribution in [0.25, 0.3) is 0 Å². The molecule has 3 nitrogen and oxygen atoms in total. The molecule has 0 radical (unpaired) electrons. The molecule has 2 fully saturated rings. The molecule has 0 aromatic heterocycles. The number of halogens is 1. The molecule has 0 unspecified atom stereocenters. The maximum absolute atomic E-state index is 11.5. The molecule has 1 aliphatic carbocycles. The van der Waals surface area contributed by atoms with Gasteiger partial charge in [-0.25, -0.2) is 0 Å². The molecular formula is C16H20ClNO2. The van der Waals surface area contributed by atoms with Crippen LogP contribution in [0.5, 0.6) is 5.75 Å². The van der Waals surface area contributed by atoms with Crippen molar-refractivity contribution in [3.8, 4) is 5.75 Å². The van der Waals surface area contributed by atoms with Crippen LogP contribution in [0.4, 0.5) is 0 Å².